The number of ether oxygens (including phenoxy) is 1. The zero-order valence-corrected chi connectivity index (χ0v) is 13.8. The second kappa shape index (κ2) is 6.75. The monoisotopic (exact) mass is 389 g/mol. The predicted octanol–water partition coefficient (Wildman–Crippen LogP) is 3.88. The summed E-state index contributed by atoms with van der Waals surface area (Å²) >= 11 is 0. The number of halogens is 3. The molecule has 0 saturated carbocycles. The van der Waals surface area contributed by atoms with Gasteiger partial charge in [-0.1, -0.05) is 0 Å². The lowest BCUT2D eigenvalue weighted by Gasteiger charge is -2.10. The third-order valence-electron chi connectivity index (χ3n) is 3.23. The first-order valence-corrected chi connectivity index (χ1v) is 8.30. The van der Waals surface area contributed by atoms with Crippen molar-refractivity contribution in [1.29, 1.82) is 0 Å². The highest BCUT2D eigenvalue weighted by molar-refractivity contribution is 7.92. The molecule has 0 heterocycles. The Morgan fingerprint density at radius 1 is 1.12 bits per heavy atom. The van der Waals surface area contributed by atoms with Crippen LogP contribution < -0.4 is 4.74 Å². The molecule has 0 saturated heterocycles. The smallest absolute Gasteiger partial charge is 0.450 e. The third kappa shape index (κ3) is 3.82. The maximum absolute atomic E-state index is 12.6. The van der Waals surface area contributed by atoms with Gasteiger partial charge in [-0.05, 0) is 43.3 Å². The summed E-state index contributed by atoms with van der Waals surface area (Å²) in [5, 5.41) is 11.1. The third-order valence-corrected chi connectivity index (χ3v) is 4.71. The summed E-state index contributed by atoms with van der Waals surface area (Å²) in [6.45, 7) is 1.33. The number of nitro benzene ring substituents is 1. The van der Waals surface area contributed by atoms with E-state index in [9.17, 15) is 36.5 Å². The molecule has 0 aliphatic heterocycles. The van der Waals surface area contributed by atoms with E-state index < -0.39 is 36.6 Å². The van der Waals surface area contributed by atoms with Crippen LogP contribution in [0.2, 0.25) is 0 Å². The molecule has 138 valence electrons. The number of ketones is 1. The molecule has 2 aromatic rings. The lowest BCUT2D eigenvalue weighted by molar-refractivity contribution is -0.385. The SMILES string of the molecule is CC(=O)c1ccc(Oc2ccc(S(=O)(=O)C(F)(F)F)cc2[N+](=O)[O-])cc1. The molecule has 11 heteroatoms. The van der Waals surface area contributed by atoms with E-state index in [1.54, 1.807) is 0 Å². The van der Waals surface area contributed by atoms with E-state index in [-0.39, 0.29) is 17.6 Å². The lowest BCUT2D eigenvalue weighted by Crippen LogP contribution is -2.23. The summed E-state index contributed by atoms with van der Waals surface area (Å²) in [6.07, 6.45) is 0. The molecule has 0 amide bonds. The van der Waals surface area contributed by atoms with Gasteiger partial charge in [0, 0.05) is 11.6 Å². The topological polar surface area (TPSA) is 104 Å². The zero-order valence-electron chi connectivity index (χ0n) is 13.0. The normalized spacial score (nSPS) is 11.8. The van der Waals surface area contributed by atoms with E-state index in [1.807, 2.05) is 0 Å². The molecule has 26 heavy (non-hydrogen) atoms. The van der Waals surface area contributed by atoms with Crippen molar-refractivity contribution in [3.63, 3.8) is 0 Å². The number of nitrogens with zero attached hydrogens (tertiary/aromatic N) is 1. The van der Waals surface area contributed by atoms with Crippen LogP contribution in [0.4, 0.5) is 18.9 Å². The van der Waals surface area contributed by atoms with Crippen LogP contribution in [0.15, 0.2) is 47.4 Å². The minimum Gasteiger partial charge on any atom is -0.450 e. The fraction of sp³-hybridized carbons (Fsp3) is 0.133. The maximum atomic E-state index is 12.6. The van der Waals surface area contributed by atoms with Crippen LogP contribution in [-0.4, -0.2) is 24.6 Å². The minimum atomic E-state index is -5.73. The second-order valence-corrected chi connectivity index (χ2v) is 6.96. The van der Waals surface area contributed by atoms with Crippen LogP contribution in [0.5, 0.6) is 11.5 Å². The van der Waals surface area contributed by atoms with Crippen LogP contribution in [0.1, 0.15) is 17.3 Å². The number of benzene rings is 2. The largest absolute Gasteiger partial charge is 0.501 e. The van der Waals surface area contributed by atoms with Gasteiger partial charge in [0.15, 0.2) is 5.78 Å². The molecule has 0 N–H and O–H groups in total. The van der Waals surface area contributed by atoms with Crippen LogP contribution in [0, 0.1) is 10.1 Å². The van der Waals surface area contributed by atoms with Crippen molar-refractivity contribution in [2.24, 2.45) is 0 Å². The molecular formula is C15H10F3NO6S. The van der Waals surface area contributed by atoms with Gasteiger partial charge < -0.3 is 4.74 Å². The molecule has 2 rings (SSSR count). The molecule has 0 aromatic heterocycles. The average molecular weight is 389 g/mol. The Bertz CT molecular complexity index is 968. The average Bonchev–Trinajstić information content (AvgIpc) is 2.54. The standard InChI is InChI=1S/C15H10F3NO6S/c1-9(20)10-2-4-11(5-3-10)25-14-7-6-12(8-13(14)19(21)22)26(23,24)15(16,17)18/h2-8H,1H3. The highest BCUT2D eigenvalue weighted by Crippen LogP contribution is 2.37. The summed E-state index contributed by atoms with van der Waals surface area (Å²) in [5.41, 5.74) is -6.18. The number of hydrogen-bond donors (Lipinski definition) is 0. The van der Waals surface area contributed by atoms with Crippen molar-refractivity contribution in [3.05, 3.63) is 58.1 Å². The molecule has 0 fully saturated rings. The van der Waals surface area contributed by atoms with Gasteiger partial charge in [-0.3, -0.25) is 14.9 Å². The highest BCUT2D eigenvalue weighted by atomic mass is 32.2. The van der Waals surface area contributed by atoms with E-state index in [1.165, 1.54) is 31.2 Å². The first-order chi connectivity index (χ1) is 11.9. The van der Waals surface area contributed by atoms with Gasteiger partial charge in [0.1, 0.15) is 5.75 Å². The van der Waals surface area contributed by atoms with Gasteiger partial charge in [0.25, 0.3) is 9.84 Å². The van der Waals surface area contributed by atoms with Gasteiger partial charge in [0.2, 0.25) is 5.75 Å². The quantitative estimate of drug-likeness (QED) is 0.437. The van der Waals surface area contributed by atoms with Gasteiger partial charge >= 0.3 is 11.2 Å². The predicted molar refractivity (Wildman–Crippen MR) is 82.9 cm³/mol. The van der Waals surface area contributed by atoms with Crippen molar-refractivity contribution in [2.45, 2.75) is 17.3 Å². The maximum Gasteiger partial charge on any atom is 0.501 e. The number of alkyl halides is 3. The van der Waals surface area contributed by atoms with E-state index >= 15 is 0 Å². The second-order valence-electron chi connectivity index (χ2n) is 5.02. The molecule has 2 aromatic carbocycles. The first-order valence-electron chi connectivity index (χ1n) is 6.82. The number of hydrogen-bond acceptors (Lipinski definition) is 6. The lowest BCUT2D eigenvalue weighted by atomic mass is 10.1. The van der Waals surface area contributed by atoms with E-state index in [0.29, 0.717) is 11.6 Å². The molecule has 0 bridgehead atoms. The number of carbonyl (C=O) groups excluding carboxylic acids is 1. The Balaban J connectivity index is 2.44. The van der Waals surface area contributed by atoms with Gasteiger partial charge in [-0.25, -0.2) is 8.42 Å². The summed E-state index contributed by atoms with van der Waals surface area (Å²) in [4.78, 5) is 20.0. The Kier molecular flexibility index (Phi) is 5.03. The highest BCUT2D eigenvalue weighted by Gasteiger charge is 2.47. The first kappa shape index (κ1) is 19.4. The molecule has 0 unspecified atom stereocenters. The molecule has 7 nitrogen and oxygen atoms in total. The van der Waals surface area contributed by atoms with Gasteiger partial charge in [-0.15, -0.1) is 0 Å². The number of rotatable bonds is 5. The van der Waals surface area contributed by atoms with Gasteiger partial charge in [0.05, 0.1) is 9.82 Å². The number of nitro groups is 1. The van der Waals surface area contributed by atoms with Gasteiger partial charge in [-0.2, -0.15) is 13.2 Å². The molecule has 0 aliphatic carbocycles. The van der Waals surface area contributed by atoms with Crippen LogP contribution in [0.3, 0.4) is 0 Å². The van der Waals surface area contributed by atoms with Crippen molar-refractivity contribution in [2.75, 3.05) is 0 Å². The molecule has 0 atom stereocenters. The van der Waals surface area contributed by atoms with Crippen LogP contribution in [-0.2, 0) is 9.84 Å². The summed E-state index contributed by atoms with van der Waals surface area (Å²) in [5.74, 6) is -0.597. The number of Topliss-reactive ketones (excluding diaryl/α,β-unsaturated/α-hetero) is 1. The Labute approximate surface area is 145 Å². The number of carbonyl (C=O) groups is 1. The van der Waals surface area contributed by atoms with Crippen LogP contribution in [0.25, 0.3) is 0 Å². The van der Waals surface area contributed by atoms with Crippen LogP contribution >= 0.6 is 0 Å². The number of sulfone groups is 1. The fourth-order valence-electron chi connectivity index (χ4n) is 1.91. The Morgan fingerprint density at radius 3 is 2.15 bits per heavy atom. The van der Waals surface area contributed by atoms with E-state index in [2.05, 4.69) is 0 Å². The molecular weight excluding hydrogens is 379 g/mol. The minimum absolute atomic E-state index is 0.0736. The van der Waals surface area contributed by atoms with E-state index in [4.69, 9.17) is 4.74 Å². The van der Waals surface area contributed by atoms with Crippen molar-refractivity contribution < 1.29 is 36.0 Å². The van der Waals surface area contributed by atoms with Crippen molar-refractivity contribution >= 4 is 21.3 Å². The Hall–Kier alpha value is -2.95. The zero-order chi connectivity index (χ0) is 19.7. The fourth-order valence-corrected chi connectivity index (χ4v) is 2.69. The van der Waals surface area contributed by atoms with E-state index in [0.717, 1.165) is 6.07 Å². The Morgan fingerprint density at radius 2 is 1.69 bits per heavy atom. The molecule has 0 radical (unpaired) electrons. The summed E-state index contributed by atoms with van der Waals surface area (Å²) in [6, 6.07) is 7.06. The molecule has 0 spiro atoms. The molecule has 0 aliphatic rings. The van der Waals surface area contributed by atoms with Crippen molar-refractivity contribution in [1.82, 2.24) is 0 Å². The summed E-state index contributed by atoms with van der Waals surface area (Å²) in [7, 11) is -5.73. The van der Waals surface area contributed by atoms with Crippen molar-refractivity contribution in [3.8, 4) is 11.5 Å². The summed E-state index contributed by atoms with van der Waals surface area (Å²) < 4.78 is 65.7.